The van der Waals surface area contributed by atoms with Crippen LogP contribution in [0.25, 0.3) is 22.3 Å². The summed E-state index contributed by atoms with van der Waals surface area (Å²) in [4.78, 5) is 0. The van der Waals surface area contributed by atoms with Gasteiger partial charge in [0.1, 0.15) is 23.9 Å². The molecule has 0 aliphatic carbocycles. The molecule has 0 atom stereocenters. The van der Waals surface area contributed by atoms with Gasteiger partial charge >= 0.3 is 0 Å². The number of rotatable bonds is 22. The number of aromatic nitrogens is 2. The van der Waals surface area contributed by atoms with Crippen LogP contribution in [0.1, 0.15) is 88.2 Å². The summed E-state index contributed by atoms with van der Waals surface area (Å²) < 4.78 is 16.6. The minimum atomic E-state index is 0.679. The van der Waals surface area contributed by atoms with E-state index in [4.69, 9.17) is 20.0 Å². The largest absolute Gasteiger partial charge is 0.494 e. The lowest BCUT2D eigenvalue weighted by Gasteiger charge is -2.08. The van der Waals surface area contributed by atoms with Crippen LogP contribution in [0.4, 0.5) is 0 Å². The van der Waals surface area contributed by atoms with Crippen molar-refractivity contribution in [1.29, 1.82) is 10.5 Å². The van der Waals surface area contributed by atoms with E-state index in [9.17, 15) is 0 Å². The Morgan fingerprint density at radius 3 is 1.31 bits per heavy atom. The second-order valence-corrected chi connectivity index (χ2v) is 13.3. The zero-order chi connectivity index (χ0) is 35.4. The summed E-state index contributed by atoms with van der Waals surface area (Å²) in [5, 5.41) is 17.9. The number of unbranched alkanes of at least 4 members (excludes halogenated alkanes) is 10. The molecule has 51 heavy (non-hydrogen) atoms. The van der Waals surface area contributed by atoms with Crippen molar-refractivity contribution >= 4 is 0 Å². The summed E-state index contributed by atoms with van der Waals surface area (Å²) >= 11 is 0. The Bertz CT molecular complexity index is 1660. The molecule has 5 rings (SSSR count). The fourth-order valence-electron chi connectivity index (χ4n) is 6.25. The molecule has 0 aliphatic heterocycles. The Kier molecular flexibility index (Phi) is 15.2. The molecule has 1 heterocycles. The summed E-state index contributed by atoms with van der Waals surface area (Å²) in [7, 11) is 0. The maximum atomic E-state index is 8.97. The topological polar surface area (TPSA) is 74.8 Å². The van der Waals surface area contributed by atoms with Gasteiger partial charge in [0.25, 0.3) is 0 Å². The average Bonchev–Trinajstić information content (AvgIpc) is 3.64. The highest BCUT2D eigenvalue weighted by Crippen LogP contribution is 2.24. The Morgan fingerprint density at radius 1 is 0.471 bits per heavy atom. The number of nitriles is 2. The fraction of sp³-hybridized carbons (Fsp3) is 0.356. The minimum Gasteiger partial charge on any atom is -0.494 e. The number of nitrogens with zero attached hydrogens (tertiary/aromatic N) is 4. The highest BCUT2D eigenvalue weighted by molar-refractivity contribution is 5.65. The van der Waals surface area contributed by atoms with Crippen LogP contribution in [0, 0.1) is 22.7 Å². The standard InChI is InChI=1S/C45H51N4O2/c46-35-38-13-17-40(18-14-38)42-21-25-44(26-22-42)50-33-11-7-3-1-5-9-29-48-31-32-49(37-48)30-10-6-2-4-8-12-34-51-45-27-23-43(24-28-45)41-19-15-39(36-47)16-20-41/h13-28,31-32,37H,1-12,29-30,33-34H2/q+1. The normalized spacial score (nSPS) is 10.8. The molecule has 0 N–H and O–H groups in total. The number of benzene rings is 4. The van der Waals surface area contributed by atoms with Crippen molar-refractivity contribution in [3.05, 3.63) is 127 Å². The molecule has 5 aromatic rings. The third kappa shape index (κ3) is 12.8. The van der Waals surface area contributed by atoms with E-state index in [1.807, 2.05) is 72.8 Å². The summed E-state index contributed by atoms with van der Waals surface area (Å²) in [5.74, 6) is 1.82. The predicted octanol–water partition coefficient (Wildman–Crippen LogP) is 10.7. The second kappa shape index (κ2) is 21.0. The minimum absolute atomic E-state index is 0.679. The molecule has 6 nitrogen and oxygen atoms in total. The summed E-state index contributed by atoms with van der Waals surface area (Å²) in [6, 6.07) is 36.1. The van der Waals surface area contributed by atoms with E-state index in [-0.39, 0.29) is 0 Å². The van der Waals surface area contributed by atoms with E-state index in [1.165, 1.54) is 64.2 Å². The van der Waals surface area contributed by atoms with Crippen molar-refractivity contribution in [2.24, 2.45) is 0 Å². The Labute approximate surface area is 304 Å². The second-order valence-electron chi connectivity index (χ2n) is 13.3. The molecule has 0 saturated carbocycles. The molecule has 0 aliphatic rings. The number of ether oxygens (including phenoxy) is 2. The van der Waals surface area contributed by atoms with Crippen molar-refractivity contribution in [1.82, 2.24) is 4.57 Å². The van der Waals surface area contributed by atoms with Gasteiger partial charge in [-0.3, -0.25) is 0 Å². The van der Waals surface area contributed by atoms with E-state index in [1.54, 1.807) is 0 Å². The Balaban J connectivity index is 0.813. The molecule has 262 valence electrons. The molecule has 0 saturated heterocycles. The Morgan fingerprint density at radius 2 is 0.863 bits per heavy atom. The molecule has 0 fully saturated rings. The zero-order valence-corrected chi connectivity index (χ0v) is 29.9. The Hall–Kier alpha value is -5.33. The molecule has 0 spiro atoms. The summed E-state index contributed by atoms with van der Waals surface area (Å²) in [6.45, 7) is 3.71. The lowest BCUT2D eigenvalue weighted by atomic mass is 10.0. The van der Waals surface area contributed by atoms with Gasteiger partial charge in [-0.1, -0.05) is 87.1 Å². The van der Waals surface area contributed by atoms with Crippen molar-refractivity contribution < 1.29 is 14.0 Å². The zero-order valence-electron chi connectivity index (χ0n) is 29.9. The number of hydrogen-bond acceptors (Lipinski definition) is 4. The van der Waals surface area contributed by atoms with Crippen molar-refractivity contribution in [2.45, 2.75) is 90.1 Å². The third-order valence-electron chi connectivity index (χ3n) is 9.31. The van der Waals surface area contributed by atoms with Gasteiger partial charge in [0.15, 0.2) is 0 Å². The summed E-state index contributed by atoms with van der Waals surface area (Å²) in [5.41, 5.74) is 5.83. The van der Waals surface area contributed by atoms with Crippen molar-refractivity contribution in [3.63, 3.8) is 0 Å². The maximum Gasteiger partial charge on any atom is 0.243 e. The maximum absolute atomic E-state index is 8.97. The highest BCUT2D eigenvalue weighted by Gasteiger charge is 2.05. The van der Waals surface area contributed by atoms with Crippen molar-refractivity contribution in [3.8, 4) is 45.9 Å². The lowest BCUT2D eigenvalue weighted by molar-refractivity contribution is -0.696. The SMILES string of the molecule is N#Cc1ccc(-c2ccc(OCCCCCCCCn3cc[n+](CCCCCCCCOc4ccc(-c5ccc(C#N)cc5)cc4)c3)cc2)cc1. The van der Waals surface area contributed by atoms with Gasteiger partial charge < -0.3 is 9.47 Å². The fourth-order valence-corrected chi connectivity index (χ4v) is 6.25. The van der Waals surface area contributed by atoms with Crippen LogP contribution in [-0.2, 0) is 13.1 Å². The molecule has 0 bridgehead atoms. The number of imidazole rings is 1. The first-order chi connectivity index (χ1) is 25.2. The van der Waals surface area contributed by atoms with E-state index in [2.05, 4.69) is 64.3 Å². The van der Waals surface area contributed by atoms with E-state index in [0.717, 1.165) is 72.9 Å². The lowest BCUT2D eigenvalue weighted by Crippen LogP contribution is -2.30. The summed E-state index contributed by atoms with van der Waals surface area (Å²) in [6.07, 6.45) is 21.4. The first-order valence-electron chi connectivity index (χ1n) is 18.7. The van der Waals surface area contributed by atoms with Crippen LogP contribution in [0.2, 0.25) is 0 Å². The molecule has 1 aromatic heterocycles. The van der Waals surface area contributed by atoms with Crippen LogP contribution in [0.3, 0.4) is 0 Å². The van der Waals surface area contributed by atoms with E-state index >= 15 is 0 Å². The first-order valence-corrected chi connectivity index (χ1v) is 18.7. The van der Waals surface area contributed by atoms with Crippen molar-refractivity contribution in [2.75, 3.05) is 13.2 Å². The number of hydrogen-bond donors (Lipinski definition) is 0. The van der Waals surface area contributed by atoms with Gasteiger partial charge in [-0.2, -0.15) is 10.5 Å². The molecule has 4 aromatic carbocycles. The third-order valence-corrected chi connectivity index (χ3v) is 9.31. The molecule has 6 heteroatoms. The molecule has 0 radical (unpaired) electrons. The predicted molar refractivity (Wildman–Crippen MR) is 204 cm³/mol. The van der Waals surface area contributed by atoms with Gasteiger partial charge in [-0.25, -0.2) is 9.13 Å². The molecular weight excluding hydrogens is 629 g/mol. The van der Waals surface area contributed by atoms with Gasteiger partial charge in [-0.15, -0.1) is 0 Å². The van der Waals surface area contributed by atoms with Gasteiger partial charge in [-0.05, 0) is 109 Å². The highest BCUT2D eigenvalue weighted by atomic mass is 16.5. The number of aryl methyl sites for hydroxylation is 2. The first kappa shape index (κ1) is 36.9. The monoisotopic (exact) mass is 679 g/mol. The van der Waals surface area contributed by atoms with Crippen LogP contribution in [0.15, 0.2) is 116 Å². The van der Waals surface area contributed by atoms with Gasteiger partial charge in [0.2, 0.25) is 6.33 Å². The average molecular weight is 680 g/mol. The molecule has 0 amide bonds. The van der Waals surface area contributed by atoms with E-state index in [0.29, 0.717) is 11.1 Å². The van der Waals surface area contributed by atoms with Gasteiger partial charge in [0, 0.05) is 0 Å². The van der Waals surface area contributed by atoms with Crippen LogP contribution >= 0.6 is 0 Å². The van der Waals surface area contributed by atoms with E-state index < -0.39 is 0 Å². The molecule has 0 unspecified atom stereocenters. The van der Waals surface area contributed by atoms with Gasteiger partial charge in [0.05, 0.1) is 49.6 Å². The van der Waals surface area contributed by atoms with Crippen LogP contribution in [-0.4, -0.2) is 17.8 Å². The van der Waals surface area contributed by atoms with Crippen LogP contribution < -0.4 is 14.0 Å². The molecular formula is C45H51N4O2+. The quantitative estimate of drug-likeness (QED) is 0.0539. The van der Waals surface area contributed by atoms with Crippen LogP contribution in [0.5, 0.6) is 11.5 Å². The smallest absolute Gasteiger partial charge is 0.243 e.